The van der Waals surface area contributed by atoms with E-state index in [9.17, 15) is 26.7 Å². The largest absolute Gasteiger partial charge is 0.493 e. The molecule has 0 aliphatic carbocycles. The highest BCUT2D eigenvalue weighted by atomic mass is 19.4. The molecule has 1 aliphatic rings. The first-order valence-corrected chi connectivity index (χ1v) is 11.2. The lowest BCUT2D eigenvalue weighted by atomic mass is 9.76. The Morgan fingerprint density at radius 3 is 2.33 bits per heavy atom. The Kier molecular flexibility index (Phi) is 6.27. The Hall–Kier alpha value is -3.21. The smallest absolute Gasteiger partial charge is 0.417 e. The number of nitrogens with one attached hydrogen (secondary N) is 1. The summed E-state index contributed by atoms with van der Waals surface area (Å²) in [6.45, 7) is 7.13. The standard InChI is InChI=1S/C25H25F5N2O4/c1-10-18(14-7-8-15(26)21(27)22(14)34-6)23(35-24(10,5)25(28,29)30)16-9-17(33)20(11(2)31-16)19-12(3)32-36-13(19)4/h7-10,18,23H,1-6H3,(H,31,33)/t10-,18-,23-,24+/m0/s1. The van der Waals surface area contributed by atoms with Crippen molar-refractivity contribution in [3.63, 3.8) is 0 Å². The molecule has 3 aromatic rings. The van der Waals surface area contributed by atoms with E-state index >= 15 is 0 Å². The van der Waals surface area contributed by atoms with Crippen molar-refractivity contribution in [3.05, 3.63) is 68.5 Å². The number of aromatic nitrogens is 2. The van der Waals surface area contributed by atoms with E-state index < -0.39 is 52.5 Å². The van der Waals surface area contributed by atoms with Crippen molar-refractivity contribution in [2.75, 3.05) is 7.11 Å². The first-order valence-electron chi connectivity index (χ1n) is 11.2. The van der Waals surface area contributed by atoms with Crippen molar-refractivity contribution < 1.29 is 35.9 Å². The Morgan fingerprint density at radius 2 is 1.81 bits per heavy atom. The second-order valence-corrected chi connectivity index (χ2v) is 9.23. The van der Waals surface area contributed by atoms with E-state index in [1.54, 1.807) is 20.8 Å². The first-order chi connectivity index (χ1) is 16.7. The lowest BCUT2D eigenvalue weighted by Gasteiger charge is -2.32. The van der Waals surface area contributed by atoms with Crippen LogP contribution in [0.25, 0.3) is 11.1 Å². The lowest BCUT2D eigenvalue weighted by Crippen LogP contribution is -2.46. The Bertz CT molecular complexity index is 1360. The zero-order valence-electron chi connectivity index (χ0n) is 20.4. The molecule has 11 heteroatoms. The fourth-order valence-electron chi connectivity index (χ4n) is 5.10. The van der Waals surface area contributed by atoms with Crippen LogP contribution in [-0.2, 0) is 4.74 Å². The summed E-state index contributed by atoms with van der Waals surface area (Å²) >= 11 is 0. The molecule has 1 aliphatic heterocycles. The number of halogens is 5. The van der Waals surface area contributed by atoms with Crippen LogP contribution in [0.3, 0.4) is 0 Å². The summed E-state index contributed by atoms with van der Waals surface area (Å²) in [4.78, 5) is 16.2. The Balaban J connectivity index is 1.93. The Morgan fingerprint density at radius 1 is 1.14 bits per heavy atom. The van der Waals surface area contributed by atoms with Gasteiger partial charge in [0.15, 0.2) is 22.6 Å². The lowest BCUT2D eigenvalue weighted by molar-refractivity contribution is -0.275. The van der Waals surface area contributed by atoms with Crippen molar-refractivity contribution in [2.45, 2.75) is 58.4 Å². The van der Waals surface area contributed by atoms with E-state index in [1.807, 2.05) is 0 Å². The summed E-state index contributed by atoms with van der Waals surface area (Å²) in [5.74, 6) is -5.02. The fraction of sp³-hybridized carbons (Fsp3) is 0.440. The van der Waals surface area contributed by atoms with Crippen LogP contribution in [0.4, 0.5) is 22.0 Å². The first kappa shape index (κ1) is 25.9. The number of benzene rings is 1. The van der Waals surface area contributed by atoms with Gasteiger partial charge in [-0.3, -0.25) is 4.79 Å². The van der Waals surface area contributed by atoms with Crippen LogP contribution in [0.5, 0.6) is 5.75 Å². The van der Waals surface area contributed by atoms with Gasteiger partial charge in [0.05, 0.1) is 23.9 Å². The molecule has 3 heterocycles. The van der Waals surface area contributed by atoms with Gasteiger partial charge in [0, 0.05) is 34.9 Å². The predicted molar refractivity (Wildman–Crippen MR) is 120 cm³/mol. The van der Waals surface area contributed by atoms with Gasteiger partial charge in [0.2, 0.25) is 5.82 Å². The van der Waals surface area contributed by atoms with Crippen molar-refractivity contribution in [1.82, 2.24) is 10.1 Å². The third-order valence-electron chi connectivity index (χ3n) is 7.14. The van der Waals surface area contributed by atoms with Crippen LogP contribution >= 0.6 is 0 Å². The van der Waals surface area contributed by atoms with Crippen LogP contribution in [0, 0.1) is 38.3 Å². The van der Waals surface area contributed by atoms with E-state index in [1.165, 1.54) is 13.0 Å². The van der Waals surface area contributed by atoms with Gasteiger partial charge in [-0.05, 0) is 33.8 Å². The minimum absolute atomic E-state index is 0.00447. The average Bonchev–Trinajstić information content (AvgIpc) is 3.26. The topological polar surface area (TPSA) is 77.4 Å². The maximum absolute atomic E-state index is 14.6. The molecular weight excluding hydrogens is 487 g/mol. The van der Waals surface area contributed by atoms with Gasteiger partial charge >= 0.3 is 6.18 Å². The third kappa shape index (κ3) is 3.80. The number of rotatable bonds is 4. The van der Waals surface area contributed by atoms with E-state index in [0.717, 1.165) is 26.2 Å². The normalized spacial score (nSPS) is 24.4. The molecule has 0 amide bonds. The molecule has 6 nitrogen and oxygen atoms in total. The quantitative estimate of drug-likeness (QED) is 0.431. The van der Waals surface area contributed by atoms with Crippen molar-refractivity contribution in [2.24, 2.45) is 5.92 Å². The molecule has 194 valence electrons. The highest BCUT2D eigenvalue weighted by Crippen LogP contribution is 2.59. The van der Waals surface area contributed by atoms with Crippen LogP contribution in [0.15, 0.2) is 27.5 Å². The monoisotopic (exact) mass is 512 g/mol. The molecule has 0 saturated carbocycles. The van der Waals surface area contributed by atoms with E-state index in [4.69, 9.17) is 14.0 Å². The average molecular weight is 512 g/mol. The predicted octanol–water partition coefficient (Wildman–Crippen LogP) is 6.05. The molecular formula is C25H25F5N2O4. The van der Waals surface area contributed by atoms with E-state index in [2.05, 4.69) is 10.1 Å². The van der Waals surface area contributed by atoms with Crippen molar-refractivity contribution in [1.29, 1.82) is 0 Å². The van der Waals surface area contributed by atoms with E-state index in [0.29, 0.717) is 22.7 Å². The SMILES string of the molecule is COc1c([C@H]2[C@H](c3cc(=O)c(-c4c(C)noc4C)c(C)[nH]3)O[C@@](C)(C(F)(F)F)[C@H]2C)ccc(F)c1F. The number of ether oxygens (including phenoxy) is 2. The second-order valence-electron chi connectivity index (χ2n) is 9.23. The Labute approximate surface area is 203 Å². The van der Waals surface area contributed by atoms with Crippen molar-refractivity contribution in [3.8, 4) is 16.9 Å². The zero-order chi connectivity index (χ0) is 26.7. The number of aryl methyl sites for hydroxylation is 3. The third-order valence-corrected chi connectivity index (χ3v) is 7.14. The fourth-order valence-corrected chi connectivity index (χ4v) is 5.10. The number of methoxy groups -OCH3 is 1. The minimum Gasteiger partial charge on any atom is -0.493 e. The maximum atomic E-state index is 14.6. The summed E-state index contributed by atoms with van der Waals surface area (Å²) < 4.78 is 87.0. The molecule has 0 bridgehead atoms. The molecule has 0 radical (unpaired) electrons. The van der Waals surface area contributed by atoms with Gasteiger partial charge in [0.1, 0.15) is 11.9 Å². The molecule has 4 atom stereocenters. The highest BCUT2D eigenvalue weighted by molar-refractivity contribution is 5.69. The summed E-state index contributed by atoms with van der Waals surface area (Å²) in [7, 11) is 1.10. The number of nitrogens with zero attached hydrogens (tertiary/aromatic N) is 1. The molecule has 0 unspecified atom stereocenters. The molecule has 1 saturated heterocycles. The molecule has 1 N–H and O–H groups in total. The van der Waals surface area contributed by atoms with Crippen LogP contribution in [-0.4, -0.2) is 29.0 Å². The number of H-pyrrole nitrogens is 1. The van der Waals surface area contributed by atoms with Gasteiger partial charge in [-0.1, -0.05) is 18.1 Å². The molecule has 36 heavy (non-hydrogen) atoms. The van der Waals surface area contributed by atoms with Gasteiger partial charge in [0.25, 0.3) is 0 Å². The number of hydrogen-bond donors (Lipinski definition) is 1. The van der Waals surface area contributed by atoms with Gasteiger partial charge in [-0.15, -0.1) is 0 Å². The van der Waals surface area contributed by atoms with Gasteiger partial charge in [-0.2, -0.15) is 17.6 Å². The number of pyridine rings is 1. The van der Waals surface area contributed by atoms with Crippen LogP contribution in [0.1, 0.15) is 54.3 Å². The van der Waals surface area contributed by atoms with Crippen LogP contribution in [0.2, 0.25) is 0 Å². The van der Waals surface area contributed by atoms with Crippen LogP contribution < -0.4 is 10.2 Å². The summed E-state index contributed by atoms with van der Waals surface area (Å²) in [6, 6.07) is 3.17. The second kappa shape index (κ2) is 8.72. The molecule has 0 spiro atoms. The minimum atomic E-state index is -4.79. The zero-order valence-corrected chi connectivity index (χ0v) is 20.4. The summed E-state index contributed by atoms with van der Waals surface area (Å²) in [5.41, 5.74) is -1.48. The maximum Gasteiger partial charge on any atom is 0.417 e. The number of alkyl halides is 3. The van der Waals surface area contributed by atoms with E-state index in [-0.39, 0.29) is 16.8 Å². The summed E-state index contributed by atoms with van der Waals surface area (Å²) in [5, 5.41) is 3.86. The van der Waals surface area contributed by atoms with Gasteiger partial charge in [-0.25, -0.2) is 4.39 Å². The number of aromatic amines is 1. The molecule has 1 aromatic carbocycles. The summed E-state index contributed by atoms with van der Waals surface area (Å²) in [6.07, 6.45) is -6.15. The molecule has 1 fully saturated rings. The van der Waals surface area contributed by atoms with Crippen molar-refractivity contribution >= 4 is 0 Å². The number of hydrogen-bond acceptors (Lipinski definition) is 5. The molecule has 4 rings (SSSR count). The highest BCUT2D eigenvalue weighted by Gasteiger charge is 2.65. The molecule has 2 aromatic heterocycles. The van der Waals surface area contributed by atoms with Gasteiger partial charge < -0.3 is 19.0 Å².